The summed E-state index contributed by atoms with van der Waals surface area (Å²) in [6.07, 6.45) is 14.0. The maximum Gasteiger partial charge on any atom is 0.0975 e. The predicted molar refractivity (Wildman–Crippen MR) is 126 cm³/mol. The number of allylic oxidation sites excluding steroid dienone is 4. The summed E-state index contributed by atoms with van der Waals surface area (Å²) in [7, 11) is 0. The summed E-state index contributed by atoms with van der Waals surface area (Å²) in [4.78, 5) is 10.9. The number of hydrogen-bond donors (Lipinski definition) is 0. The SMILES string of the molecule is CCCC12C=CC(CCC)(C=C1)c1nc3c4ccccc4c4ccccc4c3nc12. The molecule has 0 spiro atoms. The van der Waals surface area contributed by atoms with Crippen LogP contribution in [0.5, 0.6) is 0 Å². The third kappa shape index (κ3) is 2.19. The molecule has 7 rings (SSSR count). The lowest BCUT2D eigenvalue weighted by Gasteiger charge is -2.44. The minimum atomic E-state index is -0.118. The van der Waals surface area contributed by atoms with Crippen LogP contribution < -0.4 is 0 Å². The Bertz CT molecular complexity index is 1260. The van der Waals surface area contributed by atoms with Crippen LogP contribution in [-0.2, 0) is 10.8 Å². The van der Waals surface area contributed by atoms with E-state index in [1.807, 2.05) is 0 Å². The molecule has 0 radical (unpaired) electrons. The van der Waals surface area contributed by atoms with E-state index in [2.05, 4.69) is 86.7 Å². The van der Waals surface area contributed by atoms with Gasteiger partial charge in [0.25, 0.3) is 0 Å². The fourth-order valence-corrected chi connectivity index (χ4v) is 5.73. The number of benzene rings is 3. The summed E-state index contributed by atoms with van der Waals surface area (Å²) in [5.41, 5.74) is 4.20. The maximum absolute atomic E-state index is 5.43. The monoisotopic (exact) mass is 390 g/mol. The normalized spacial score (nSPS) is 24.2. The molecule has 3 aliphatic rings. The van der Waals surface area contributed by atoms with Gasteiger partial charge in [-0.2, -0.15) is 0 Å². The predicted octanol–water partition coefficient (Wildman–Crippen LogP) is 7.15. The second-order valence-corrected chi connectivity index (χ2v) is 8.96. The van der Waals surface area contributed by atoms with Crippen LogP contribution in [0.25, 0.3) is 32.6 Å². The number of nitrogens with zero attached hydrogens (tertiary/aromatic N) is 2. The van der Waals surface area contributed by atoms with Crippen molar-refractivity contribution in [3.63, 3.8) is 0 Å². The first-order valence-electron chi connectivity index (χ1n) is 11.2. The second-order valence-electron chi connectivity index (χ2n) is 8.96. The number of aromatic nitrogens is 2. The molecule has 4 aromatic rings. The van der Waals surface area contributed by atoms with Crippen LogP contribution in [0.1, 0.15) is 50.9 Å². The number of rotatable bonds is 4. The highest BCUT2D eigenvalue weighted by atomic mass is 14.9. The largest absolute Gasteiger partial charge is 0.247 e. The number of fused-ring (bicyclic) bond motifs is 6. The van der Waals surface area contributed by atoms with Gasteiger partial charge in [0.05, 0.1) is 33.3 Å². The molecule has 3 aliphatic carbocycles. The van der Waals surface area contributed by atoms with Gasteiger partial charge in [-0.25, -0.2) is 9.97 Å². The van der Waals surface area contributed by atoms with E-state index in [-0.39, 0.29) is 10.8 Å². The molecule has 0 saturated heterocycles. The van der Waals surface area contributed by atoms with Gasteiger partial charge < -0.3 is 0 Å². The van der Waals surface area contributed by atoms with Gasteiger partial charge >= 0.3 is 0 Å². The zero-order valence-corrected chi connectivity index (χ0v) is 17.7. The van der Waals surface area contributed by atoms with Gasteiger partial charge in [0.2, 0.25) is 0 Å². The van der Waals surface area contributed by atoms with Gasteiger partial charge in [-0.3, -0.25) is 0 Å². The topological polar surface area (TPSA) is 25.8 Å². The van der Waals surface area contributed by atoms with Crippen molar-refractivity contribution in [1.29, 1.82) is 0 Å². The van der Waals surface area contributed by atoms with Crippen molar-refractivity contribution in [3.05, 3.63) is 84.2 Å². The van der Waals surface area contributed by atoms with Crippen LogP contribution in [0.2, 0.25) is 0 Å². The molecule has 1 aromatic heterocycles. The Morgan fingerprint density at radius 2 is 0.933 bits per heavy atom. The fraction of sp³-hybridized carbons (Fsp3) is 0.286. The van der Waals surface area contributed by atoms with Crippen molar-refractivity contribution in [2.45, 2.75) is 50.4 Å². The van der Waals surface area contributed by atoms with Crippen molar-refractivity contribution in [2.24, 2.45) is 0 Å². The van der Waals surface area contributed by atoms with Crippen LogP contribution in [0.3, 0.4) is 0 Å². The zero-order chi connectivity index (χ0) is 20.3. The van der Waals surface area contributed by atoms with E-state index in [9.17, 15) is 0 Å². The average Bonchev–Trinajstić information content (AvgIpc) is 2.80. The molecule has 3 aromatic carbocycles. The van der Waals surface area contributed by atoms with Crippen molar-refractivity contribution in [3.8, 4) is 0 Å². The average molecular weight is 391 g/mol. The molecule has 0 N–H and O–H groups in total. The molecule has 30 heavy (non-hydrogen) atoms. The maximum atomic E-state index is 5.43. The summed E-state index contributed by atoms with van der Waals surface area (Å²) in [5, 5.41) is 4.92. The second kappa shape index (κ2) is 6.25. The van der Waals surface area contributed by atoms with Gasteiger partial charge in [-0.1, -0.05) is 99.5 Å². The molecule has 2 heteroatoms. The third-order valence-corrected chi connectivity index (χ3v) is 7.12. The first-order valence-corrected chi connectivity index (χ1v) is 11.2. The first-order chi connectivity index (χ1) is 14.7. The molecule has 2 bridgehead atoms. The fourth-order valence-electron chi connectivity index (χ4n) is 5.73. The van der Waals surface area contributed by atoms with E-state index in [1.54, 1.807) is 0 Å². The van der Waals surface area contributed by atoms with Crippen LogP contribution in [-0.4, -0.2) is 9.97 Å². The van der Waals surface area contributed by atoms with Gasteiger partial charge in [0.15, 0.2) is 0 Å². The van der Waals surface area contributed by atoms with Gasteiger partial charge in [-0.05, 0) is 23.6 Å². The van der Waals surface area contributed by atoms with Gasteiger partial charge in [0, 0.05) is 10.8 Å². The smallest absolute Gasteiger partial charge is 0.0975 e. The van der Waals surface area contributed by atoms with Crippen LogP contribution in [0.4, 0.5) is 0 Å². The Kier molecular flexibility index (Phi) is 3.71. The van der Waals surface area contributed by atoms with Crippen molar-refractivity contribution >= 4 is 32.6 Å². The highest BCUT2D eigenvalue weighted by Gasteiger charge is 2.46. The molecule has 0 atom stereocenters. The van der Waals surface area contributed by atoms with E-state index in [4.69, 9.17) is 9.97 Å². The minimum absolute atomic E-state index is 0.118. The summed E-state index contributed by atoms with van der Waals surface area (Å²) in [6, 6.07) is 17.3. The standard InChI is InChI=1S/C28H26N2/c1-3-13-27-15-17-28(14-4-2,18-16-27)26-25(27)29-23-21-11-7-5-9-19(21)20-10-6-8-12-22(20)24(23)30-26/h5-12,15-18H,3-4,13-14H2,1-2H3. The molecule has 0 fully saturated rings. The quantitative estimate of drug-likeness (QED) is 0.273. The van der Waals surface area contributed by atoms with E-state index < -0.39 is 0 Å². The number of hydrogen-bond acceptors (Lipinski definition) is 2. The third-order valence-electron chi connectivity index (χ3n) is 7.12. The van der Waals surface area contributed by atoms with Crippen molar-refractivity contribution < 1.29 is 0 Å². The molecule has 1 heterocycles. The summed E-state index contributed by atoms with van der Waals surface area (Å²) >= 11 is 0. The van der Waals surface area contributed by atoms with E-state index in [1.165, 1.54) is 32.9 Å². The van der Waals surface area contributed by atoms with E-state index in [0.29, 0.717) is 0 Å². The van der Waals surface area contributed by atoms with Crippen LogP contribution in [0.15, 0.2) is 72.8 Å². The molecule has 148 valence electrons. The summed E-state index contributed by atoms with van der Waals surface area (Å²) < 4.78 is 0. The molecule has 2 nitrogen and oxygen atoms in total. The minimum Gasteiger partial charge on any atom is -0.247 e. The van der Waals surface area contributed by atoms with Crippen LogP contribution >= 0.6 is 0 Å². The van der Waals surface area contributed by atoms with Gasteiger partial charge in [0.1, 0.15) is 0 Å². The lowest BCUT2D eigenvalue weighted by atomic mass is 9.61. The Morgan fingerprint density at radius 3 is 1.30 bits per heavy atom. The highest BCUT2D eigenvalue weighted by molar-refractivity contribution is 6.23. The van der Waals surface area contributed by atoms with Crippen LogP contribution in [0, 0.1) is 0 Å². The van der Waals surface area contributed by atoms with E-state index >= 15 is 0 Å². The molecular weight excluding hydrogens is 364 g/mol. The molecular formula is C28H26N2. The highest BCUT2D eigenvalue weighted by Crippen LogP contribution is 2.51. The summed E-state index contributed by atoms with van der Waals surface area (Å²) in [5.74, 6) is 0. The molecule has 0 aliphatic heterocycles. The lowest BCUT2D eigenvalue weighted by molar-refractivity contribution is 0.458. The summed E-state index contributed by atoms with van der Waals surface area (Å²) in [6.45, 7) is 4.52. The van der Waals surface area contributed by atoms with Crippen molar-refractivity contribution in [2.75, 3.05) is 0 Å². The zero-order valence-electron chi connectivity index (χ0n) is 17.7. The molecule has 0 amide bonds. The Labute approximate surface area is 177 Å². The van der Waals surface area contributed by atoms with Crippen molar-refractivity contribution in [1.82, 2.24) is 9.97 Å². The molecule has 0 saturated carbocycles. The Hall–Kier alpha value is -3.00. The Balaban J connectivity index is 1.79. The first kappa shape index (κ1) is 17.8. The lowest BCUT2D eigenvalue weighted by Crippen LogP contribution is -2.41. The molecule has 0 unspecified atom stereocenters. The van der Waals surface area contributed by atoms with Gasteiger partial charge in [-0.15, -0.1) is 0 Å². The van der Waals surface area contributed by atoms with E-state index in [0.717, 1.165) is 36.7 Å². The Morgan fingerprint density at radius 1 is 0.567 bits per heavy atom.